The zero-order valence-electron chi connectivity index (χ0n) is 19.6. The number of fused-ring (bicyclic) bond motifs is 1. The summed E-state index contributed by atoms with van der Waals surface area (Å²) in [5, 5.41) is 6.86. The lowest BCUT2D eigenvalue weighted by molar-refractivity contribution is 0.0909. The Morgan fingerprint density at radius 3 is 2.57 bits per heavy atom. The van der Waals surface area contributed by atoms with Crippen molar-refractivity contribution in [1.82, 2.24) is 15.2 Å². The van der Waals surface area contributed by atoms with E-state index in [2.05, 4.69) is 20.5 Å². The van der Waals surface area contributed by atoms with Crippen molar-refractivity contribution < 1.29 is 14.0 Å². The smallest absolute Gasteiger partial charge is 0.257 e. The van der Waals surface area contributed by atoms with Gasteiger partial charge in [0.15, 0.2) is 0 Å². The van der Waals surface area contributed by atoms with E-state index in [4.69, 9.17) is 0 Å². The Bertz CT molecular complexity index is 1190. The van der Waals surface area contributed by atoms with Crippen LogP contribution in [0.1, 0.15) is 62.4 Å². The second-order valence-corrected chi connectivity index (χ2v) is 10.4. The van der Waals surface area contributed by atoms with Crippen molar-refractivity contribution in [2.75, 3.05) is 18.4 Å². The number of halogens is 1. The molecule has 1 aliphatic carbocycles. The molecule has 0 unspecified atom stereocenters. The van der Waals surface area contributed by atoms with Crippen LogP contribution in [0.5, 0.6) is 0 Å². The lowest BCUT2D eigenvalue weighted by atomic mass is 9.94. The molecule has 1 fully saturated rings. The van der Waals surface area contributed by atoms with Gasteiger partial charge in [-0.25, -0.2) is 4.39 Å². The van der Waals surface area contributed by atoms with Gasteiger partial charge in [-0.1, -0.05) is 12.1 Å². The Morgan fingerprint density at radius 1 is 1.06 bits per heavy atom. The third-order valence-corrected chi connectivity index (χ3v) is 8.00. The quantitative estimate of drug-likeness (QED) is 0.518. The number of thiophene rings is 1. The Morgan fingerprint density at radius 2 is 1.83 bits per heavy atom. The molecule has 0 saturated carbocycles. The maximum atomic E-state index is 13.5. The standard InChI is InChI=1S/C27H29FN4O2S/c28-20-9-7-18(8-10-20)17-32-14-11-21(12-15-32)30-26(34)24-22-5-1-2-6-23(22)35-27(24)31-25(33)19-4-3-13-29-16-19/h3-4,7-10,13,16,21H,1-2,5-6,11-12,14-15,17H2,(H,30,34)(H,31,33). The number of likely N-dealkylation sites (tertiary alicyclic amines) is 1. The summed E-state index contributed by atoms with van der Waals surface area (Å²) < 4.78 is 13.2. The molecule has 35 heavy (non-hydrogen) atoms. The molecule has 0 spiro atoms. The first-order chi connectivity index (χ1) is 17.1. The highest BCUT2D eigenvalue weighted by Gasteiger charge is 2.29. The summed E-state index contributed by atoms with van der Waals surface area (Å²) in [4.78, 5) is 33.8. The third kappa shape index (κ3) is 5.60. The molecule has 2 amide bonds. The summed E-state index contributed by atoms with van der Waals surface area (Å²) >= 11 is 1.53. The van der Waals surface area contributed by atoms with Crippen molar-refractivity contribution in [3.05, 3.63) is 81.7 Å². The van der Waals surface area contributed by atoms with Crippen molar-refractivity contribution in [1.29, 1.82) is 0 Å². The van der Waals surface area contributed by atoms with E-state index in [-0.39, 0.29) is 23.7 Å². The first-order valence-corrected chi connectivity index (χ1v) is 13.0. The van der Waals surface area contributed by atoms with Crippen LogP contribution < -0.4 is 10.6 Å². The summed E-state index contributed by atoms with van der Waals surface area (Å²) in [6.45, 7) is 2.52. The number of anilines is 1. The van der Waals surface area contributed by atoms with Crippen LogP contribution in [0.15, 0.2) is 48.8 Å². The Hall–Kier alpha value is -3.10. The van der Waals surface area contributed by atoms with Crippen molar-refractivity contribution >= 4 is 28.2 Å². The monoisotopic (exact) mass is 492 g/mol. The minimum absolute atomic E-state index is 0.0907. The van der Waals surface area contributed by atoms with E-state index in [0.717, 1.165) is 69.3 Å². The molecule has 2 aliphatic rings. The molecule has 6 nitrogen and oxygen atoms in total. The number of pyridine rings is 1. The Labute approximate surface area is 208 Å². The summed E-state index contributed by atoms with van der Waals surface area (Å²) in [6.07, 6.45) is 8.86. The number of carbonyl (C=O) groups excluding carboxylic acids is 2. The Balaban J connectivity index is 1.25. The highest BCUT2D eigenvalue weighted by Crippen LogP contribution is 2.38. The van der Waals surface area contributed by atoms with Gasteiger partial charge >= 0.3 is 0 Å². The number of nitrogens with zero attached hydrogens (tertiary/aromatic N) is 2. The average Bonchev–Trinajstić information content (AvgIpc) is 3.25. The first-order valence-electron chi connectivity index (χ1n) is 12.2. The second-order valence-electron chi connectivity index (χ2n) is 9.26. The normalized spacial score (nSPS) is 16.5. The molecule has 1 aromatic carbocycles. The molecular weight excluding hydrogens is 463 g/mol. The molecule has 5 rings (SSSR count). The molecule has 0 bridgehead atoms. The lowest BCUT2D eigenvalue weighted by Crippen LogP contribution is -2.44. The maximum absolute atomic E-state index is 13.5. The Kier molecular flexibility index (Phi) is 7.20. The minimum Gasteiger partial charge on any atom is -0.349 e. The van der Waals surface area contributed by atoms with Gasteiger partial charge in [0.1, 0.15) is 10.8 Å². The highest BCUT2D eigenvalue weighted by atomic mass is 32.1. The van der Waals surface area contributed by atoms with E-state index >= 15 is 0 Å². The van der Waals surface area contributed by atoms with Crippen molar-refractivity contribution in [3.8, 4) is 0 Å². The van der Waals surface area contributed by atoms with E-state index in [1.165, 1.54) is 34.5 Å². The molecule has 3 aromatic rings. The van der Waals surface area contributed by atoms with Crippen molar-refractivity contribution in [3.63, 3.8) is 0 Å². The first kappa shape index (κ1) is 23.6. The van der Waals surface area contributed by atoms with Crippen molar-refractivity contribution in [2.24, 2.45) is 0 Å². The SMILES string of the molecule is O=C(Nc1sc2c(c1C(=O)NC1CCN(Cc3ccc(F)cc3)CC1)CCCC2)c1cccnc1. The predicted molar refractivity (Wildman–Crippen MR) is 135 cm³/mol. The summed E-state index contributed by atoms with van der Waals surface area (Å²) in [6, 6.07) is 10.2. The van der Waals surface area contributed by atoms with E-state index in [1.54, 1.807) is 18.3 Å². The van der Waals surface area contributed by atoms with Gasteiger partial charge in [0, 0.05) is 42.9 Å². The molecule has 0 atom stereocenters. The minimum atomic E-state index is -0.250. The fraction of sp³-hybridized carbons (Fsp3) is 0.370. The van der Waals surface area contributed by atoms with Crippen LogP contribution in [-0.2, 0) is 19.4 Å². The molecule has 0 radical (unpaired) electrons. The molecule has 8 heteroatoms. The van der Waals surface area contributed by atoms with Gasteiger partial charge in [0.2, 0.25) is 0 Å². The van der Waals surface area contributed by atoms with Crippen LogP contribution in [-0.4, -0.2) is 40.8 Å². The van der Waals surface area contributed by atoms with E-state index in [9.17, 15) is 14.0 Å². The number of amides is 2. The van der Waals surface area contributed by atoms with Crippen LogP contribution in [0.4, 0.5) is 9.39 Å². The van der Waals surface area contributed by atoms with Gasteiger partial charge in [-0.2, -0.15) is 0 Å². The molecule has 1 saturated heterocycles. The lowest BCUT2D eigenvalue weighted by Gasteiger charge is -2.32. The molecule has 182 valence electrons. The van der Waals surface area contributed by atoms with Crippen LogP contribution in [0.25, 0.3) is 0 Å². The number of benzene rings is 1. The van der Waals surface area contributed by atoms with Crippen LogP contribution in [0.2, 0.25) is 0 Å². The number of rotatable bonds is 6. The van der Waals surface area contributed by atoms with Gasteiger partial charge in [-0.3, -0.25) is 19.5 Å². The number of piperidine rings is 1. The fourth-order valence-electron chi connectivity index (χ4n) is 4.91. The largest absolute Gasteiger partial charge is 0.349 e. The third-order valence-electron chi connectivity index (χ3n) is 6.79. The fourth-order valence-corrected chi connectivity index (χ4v) is 6.19. The molecular formula is C27H29FN4O2S. The van der Waals surface area contributed by atoms with Crippen LogP contribution in [0.3, 0.4) is 0 Å². The molecule has 3 heterocycles. The number of carbonyl (C=O) groups is 2. The summed E-state index contributed by atoms with van der Waals surface area (Å²) in [5.74, 6) is -0.565. The average molecular weight is 493 g/mol. The van der Waals surface area contributed by atoms with Gasteiger partial charge in [-0.15, -0.1) is 11.3 Å². The summed E-state index contributed by atoms with van der Waals surface area (Å²) in [5.41, 5.74) is 3.29. The topological polar surface area (TPSA) is 74.3 Å². The molecule has 2 N–H and O–H groups in total. The number of aryl methyl sites for hydroxylation is 1. The molecule has 1 aliphatic heterocycles. The van der Waals surface area contributed by atoms with Gasteiger partial charge in [-0.05, 0) is 73.9 Å². The van der Waals surface area contributed by atoms with Crippen LogP contribution in [0, 0.1) is 5.82 Å². The zero-order chi connectivity index (χ0) is 24.2. The number of hydrogen-bond acceptors (Lipinski definition) is 5. The maximum Gasteiger partial charge on any atom is 0.257 e. The van der Waals surface area contributed by atoms with E-state index in [1.807, 2.05) is 12.1 Å². The van der Waals surface area contributed by atoms with Crippen LogP contribution >= 0.6 is 11.3 Å². The second kappa shape index (κ2) is 10.7. The van der Waals surface area contributed by atoms with Crippen molar-refractivity contribution in [2.45, 2.75) is 51.1 Å². The van der Waals surface area contributed by atoms with E-state index < -0.39 is 0 Å². The van der Waals surface area contributed by atoms with E-state index in [0.29, 0.717) is 16.1 Å². The van der Waals surface area contributed by atoms with Gasteiger partial charge < -0.3 is 10.6 Å². The molecule has 2 aromatic heterocycles. The predicted octanol–water partition coefficient (Wildman–Crippen LogP) is 4.81. The number of aromatic nitrogens is 1. The number of nitrogens with one attached hydrogen (secondary N) is 2. The van der Waals surface area contributed by atoms with Gasteiger partial charge in [0.25, 0.3) is 11.8 Å². The zero-order valence-corrected chi connectivity index (χ0v) is 20.4. The summed E-state index contributed by atoms with van der Waals surface area (Å²) in [7, 11) is 0. The van der Waals surface area contributed by atoms with Gasteiger partial charge in [0.05, 0.1) is 11.1 Å². The highest BCUT2D eigenvalue weighted by molar-refractivity contribution is 7.17. The number of hydrogen-bond donors (Lipinski definition) is 2.